The third-order valence-electron chi connectivity index (χ3n) is 3.31. The van der Waals surface area contributed by atoms with E-state index in [1.165, 1.54) is 5.56 Å². The first-order valence-electron chi connectivity index (χ1n) is 7.77. The van der Waals surface area contributed by atoms with Gasteiger partial charge in [0.1, 0.15) is 6.61 Å². The Kier molecular flexibility index (Phi) is 5.69. The Morgan fingerprint density at radius 3 is 2.39 bits per heavy atom. The van der Waals surface area contributed by atoms with Crippen LogP contribution in [-0.2, 0) is 16.0 Å². The first-order valence-corrected chi connectivity index (χ1v) is 7.77. The van der Waals surface area contributed by atoms with Gasteiger partial charge in [-0.25, -0.2) is 0 Å². The Morgan fingerprint density at radius 1 is 1.09 bits per heavy atom. The fourth-order valence-corrected chi connectivity index (χ4v) is 2.05. The minimum absolute atomic E-state index is 0.197. The molecule has 0 aliphatic carbocycles. The molecule has 0 radical (unpaired) electrons. The number of rotatable bonds is 5. The molecule has 0 saturated carbocycles. The van der Waals surface area contributed by atoms with E-state index in [0.29, 0.717) is 0 Å². The van der Waals surface area contributed by atoms with E-state index in [-0.39, 0.29) is 12.6 Å². The monoisotopic (exact) mass is 309 g/mol. The number of benzene rings is 1. The summed E-state index contributed by atoms with van der Waals surface area (Å²) in [5, 5.41) is 0. The number of ether oxygens (including phenoxy) is 1. The minimum atomic E-state index is -0.497. The number of esters is 1. The van der Waals surface area contributed by atoms with E-state index in [0.717, 1.165) is 17.7 Å². The molecular formula is C20H23NO2. The molecule has 3 heteroatoms. The zero-order chi connectivity index (χ0) is 16.7. The molecule has 2 aromatic rings. The third-order valence-corrected chi connectivity index (χ3v) is 3.31. The molecule has 0 atom stereocenters. The van der Waals surface area contributed by atoms with E-state index in [1.54, 1.807) is 6.20 Å². The van der Waals surface area contributed by atoms with Crippen molar-refractivity contribution in [1.82, 2.24) is 4.98 Å². The average Bonchev–Trinajstić information content (AvgIpc) is 2.53. The van der Waals surface area contributed by atoms with Gasteiger partial charge in [-0.15, -0.1) is 0 Å². The van der Waals surface area contributed by atoms with Crippen LogP contribution in [-0.4, -0.2) is 17.6 Å². The molecule has 2 rings (SSSR count). The molecule has 120 valence electrons. The standard InChI is InChI=1S/C20H23NO2/c1-20(2,3)19(22)23-15-17(13-16-9-5-4-6-10-16)14-18-11-7-8-12-21-18/h4-12,14H,13,15H2,1-3H3/b17-14+. The maximum absolute atomic E-state index is 12.0. The number of carbonyl (C=O) groups excluding carboxylic acids is 1. The predicted molar refractivity (Wildman–Crippen MR) is 92.8 cm³/mol. The van der Waals surface area contributed by atoms with Crippen LogP contribution in [0.5, 0.6) is 0 Å². The molecule has 0 unspecified atom stereocenters. The van der Waals surface area contributed by atoms with Crippen molar-refractivity contribution in [2.75, 3.05) is 6.61 Å². The Hall–Kier alpha value is -2.42. The van der Waals surface area contributed by atoms with Crippen molar-refractivity contribution in [3.63, 3.8) is 0 Å². The Morgan fingerprint density at radius 2 is 1.78 bits per heavy atom. The lowest BCUT2D eigenvalue weighted by Crippen LogP contribution is -2.24. The van der Waals surface area contributed by atoms with E-state index in [1.807, 2.05) is 63.2 Å². The molecular weight excluding hydrogens is 286 g/mol. The second-order valence-electron chi connectivity index (χ2n) is 6.55. The SMILES string of the molecule is CC(C)(C)C(=O)OC/C(=C/c1ccccn1)Cc1ccccc1. The molecule has 1 heterocycles. The summed E-state index contributed by atoms with van der Waals surface area (Å²) in [6.07, 6.45) is 4.48. The summed E-state index contributed by atoms with van der Waals surface area (Å²) in [7, 11) is 0. The molecule has 0 bridgehead atoms. The fourth-order valence-electron chi connectivity index (χ4n) is 2.05. The van der Waals surface area contributed by atoms with E-state index < -0.39 is 5.41 Å². The maximum atomic E-state index is 12.0. The summed E-state index contributed by atoms with van der Waals surface area (Å²) in [6.45, 7) is 5.85. The number of hydrogen-bond acceptors (Lipinski definition) is 3. The van der Waals surface area contributed by atoms with Crippen LogP contribution in [0.1, 0.15) is 32.0 Å². The summed E-state index contributed by atoms with van der Waals surface area (Å²) >= 11 is 0. The highest BCUT2D eigenvalue weighted by Crippen LogP contribution is 2.18. The number of hydrogen-bond donors (Lipinski definition) is 0. The molecule has 0 fully saturated rings. The van der Waals surface area contributed by atoms with E-state index >= 15 is 0 Å². The summed E-state index contributed by atoms with van der Waals surface area (Å²) in [6, 6.07) is 15.9. The third kappa shape index (κ3) is 5.70. The van der Waals surface area contributed by atoms with Crippen LogP contribution in [0.15, 0.2) is 60.3 Å². The number of pyridine rings is 1. The van der Waals surface area contributed by atoms with Gasteiger partial charge in [-0.05, 0) is 56.5 Å². The topological polar surface area (TPSA) is 39.2 Å². The zero-order valence-electron chi connectivity index (χ0n) is 14.0. The van der Waals surface area contributed by atoms with Crippen molar-refractivity contribution in [2.45, 2.75) is 27.2 Å². The Balaban J connectivity index is 2.15. The second-order valence-corrected chi connectivity index (χ2v) is 6.55. The zero-order valence-corrected chi connectivity index (χ0v) is 14.0. The van der Waals surface area contributed by atoms with Crippen molar-refractivity contribution in [3.8, 4) is 0 Å². The highest BCUT2D eigenvalue weighted by Gasteiger charge is 2.23. The van der Waals surface area contributed by atoms with Crippen LogP contribution >= 0.6 is 0 Å². The maximum Gasteiger partial charge on any atom is 0.311 e. The number of carbonyl (C=O) groups is 1. The van der Waals surface area contributed by atoms with Gasteiger partial charge in [0.2, 0.25) is 0 Å². The van der Waals surface area contributed by atoms with Gasteiger partial charge in [0.25, 0.3) is 0 Å². The largest absolute Gasteiger partial charge is 0.461 e. The molecule has 0 amide bonds. The van der Waals surface area contributed by atoms with Gasteiger partial charge in [0, 0.05) is 6.20 Å². The van der Waals surface area contributed by atoms with Gasteiger partial charge >= 0.3 is 5.97 Å². The summed E-state index contributed by atoms with van der Waals surface area (Å²) in [4.78, 5) is 16.3. The quantitative estimate of drug-likeness (QED) is 0.773. The fraction of sp³-hybridized carbons (Fsp3) is 0.300. The predicted octanol–water partition coefficient (Wildman–Crippen LogP) is 4.30. The average molecular weight is 309 g/mol. The van der Waals surface area contributed by atoms with Crippen molar-refractivity contribution in [3.05, 3.63) is 71.6 Å². The lowest BCUT2D eigenvalue weighted by Gasteiger charge is -2.17. The normalized spacial score (nSPS) is 12.0. The Bertz CT molecular complexity index is 655. The highest BCUT2D eigenvalue weighted by atomic mass is 16.5. The summed E-state index contributed by atoms with van der Waals surface area (Å²) < 4.78 is 5.48. The van der Waals surface area contributed by atoms with E-state index in [2.05, 4.69) is 17.1 Å². The highest BCUT2D eigenvalue weighted by molar-refractivity contribution is 5.75. The van der Waals surface area contributed by atoms with Crippen molar-refractivity contribution >= 4 is 12.0 Å². The Labute approximate surface area is 138 Å². The molecule has 0 aliphatic heterocycles. The van der Waals surface area contributed by atoms with Gasteiger partial charge in [-0.2, -0.15) is 0 Å². The lowest BCUT2D eigenvalue weighted by atomic mass is 9.97. The van der Waals surface area contributed by atoms with Gasteiger partial charge in [-0.1, -0.05) is 36.4 Å². The van der Waals surface area contributed by atoms with E-state index in [4.69, 9.17) is 4.74 Å². The molecule has 0 spiro atoms. The van der Waals surface area contributed by atoms with Crippen molar-refractivity contribution in [1.29, 1.82) is 0 Å². The van der Waals surface area contributed by atoms with Gasteiger partial charge in [-0.3, -0.25) is 9.78 Å². The van der Waals surface area contributed by atoms with Crippen molar-refractivity contribution < 1.29 is 9.53 Å². The molecule has 0 N–H and O–H groups in total. The lowest BCUT2D eigenvalue weighted by molar-refractivity contribution is -0.151. The molecule has 23 heavy (non-hydrogen) atoms. The number of nitrogens with zero attached hydrogens (tertiary/aromatic N) is 1. The molecule has 3 nitrogen and oxygen atoms in total. The van der Waals surface area contributed by atoms with Crippen LogP contribution in [0.3, 0.4) is 0 Å². The van der Waals surface area contributed by atoms with Crippen LogP contribution in [0.2, 0.25) is 0 Å². The second kappa shape index (κ2) is 7.73. The van der Waals surface area contributed by atoms with Crippen LogP contribution < -0.4 is 0 Å². The van der Waals surface area contributed by atoms with Gasteiger partial charge < -0.3 is 4.74 Å². The van der Waals surface area contributed by atoms with E-state index in [9.17, 15) is 4.79 Å². The first-order chi connectivity index (χ1) is 10.9. The summed E-state index contributed by atoms with van der Waals surface area (Å²) in [5.41, 5.74) is 2.57. The van der Waals surface area contributed by atoms with Gasteiger partial charge in [0.15, 0.2) is 0 Å². The molecule has 1 aromatic heterocycles. The van der Waals surface area contributed by atoms with Gasteiger partial charge in [0.05, 0.1) is 11.1 Å². The molecule has 0 saturated heterocycles. The minimum Gasteiger partial charge on any atom is -0.461 e. The first kappa shape index (κ1) is 16.9. The molecule has 1 aromatic carbocycles. The molecule has 0 aliphatic rings. The van der Waals surface area contributed by atoms with Crippen LogP contribution in [0.4, 0.5) is 0 Å². The summed E-state index contributed by atoms with van der Waals surface area (Å²) in [5.74, 6) is -0.197. The number of aromatic nitrogens is 1. The van der Waals surface area contributed by atoms with Crippen LogP contribution in [0, 0.1) is 5.41 Å². The smallest absolute Gasteiger partial charge is 0.311 e. The van der Waals surface area contributed by atoms with Crippen LogP contribution in [0.25, 0.3) is 6.08 Å². The van der Waals surface area contributed by atoms with Crippen molar-refractivity contribution in [2.24, 2.45) is 5.41 Å².